The van der Waals surface area contributed by atoms with Crippen LogP contribution in [-0.2, 0) is 16.0 Å². The van der Waals surface area contributed by atoms with Crippen molar-refractivity contribution in [2.24, 2.45) is 5.92 Å². The van der Waals surface area contributed by atoms with Gasteiger partial charge < -0.3 is 42.1 Å². The van der Waals surface area contributed by atoms with Crippen molar-refractivity contribution in [3.63, 3.8) is 0 Å². The van der Waals surface area contributed by atoms with Gasteiger partial charge in [0.25, 0.3) is 0 Å². The van der Waals surface area contributed by atoms with Gasteiger partial charge in [0.2, 0.25) is 0 Å². The number of hydrogen-bond donors (Lipinski definition) is 7. The molecule has 0 bridgehead atoms. The van der Waals surface area contributed by atoms with E-state index < -0.39 is 18.2 Å². The summed E-state index contributed by atoms with van der Waals surface area (Å²) < 4.78 is 0. The number of aliphatic hydroxyl groups is 2. The van der Waals surface area contributed by atoms with Crippen LogP contribution < -0.4 is 11.5 Å². The van der Waals surface area contributed by atoms with Crippen molar-refractivity contribution in [3.8, 4) is 5.75 Å². The minimum atomic E-state index is -1.23. The minimum Gasteiger partial charge on any atom is -0.508 e. The number of aromatic nitrogens is 2. The zero-order valence-corrected chi connectivity index (χ0v) is 28.3. The summed E-state index contributed by atoms with van der Waals surface area (Å²) in [6.07, 6.45) is 12.7. The number of nitrogens with two attached hydrogens (primary N) is 2. The highest BCUT2D eigenvalue weighted by molar-refractivity contribution is 6.31. The van der Waals surface area contributed by atoms with Gasteiger partial charge in [-0.05, 0) is 56.2 Å². The molecule has 0 unspecified atom stereocenters. The number of nitrogens with zero attached hydrogens (tertiary/aromatic N) is 2. The smallest absolute Gasteiger partial charge is 0.332 e. The zero-order chi connectivity index (χ0) is 35.4. The fourth-order valence-electron chi connectivity index (χ4n) is 4.90. The maximum Gasteiger partial charge on any atom is 0.332 e. The number of carbonyl (C=O) groups excluding carboxylic acids is 2. The van der Waals surface area contributed by atoms with Crippen LogP contribution in [0.5, 0.6) is 5.75 Å². The molecule has 0 radical (unpaired) electrons. The summed E-state index contributed by atoms with van der Waals surface area (Å²) in [5, 5.41) is 44.1. The van der Waals surface area contributed by atoms with E-state index in [4.69, 9.17) is 38.7 Å². The Labute approximate surface area is 282 Å². The lowest BCUT2D eigenvalue weighted by Gasteiger charge is -2.16. The van der Waals surface area contributed by atoms with E-state index in [1.54, 1.807) is 18.2 Å². The van der Waals surface area contributed by atoms with Crippen molar-refractivity contribution >= 4 is 47.0 Å². The normalized spacial score (nSPS) is 12.8. The Balaban J connectivity index is 0.00000167. The van der Waals surface area contributed by atoms with Gasteiger partial charge in [-0.2, -0.15) is 0 Å². The highest BCUT2D eigenvalue weighted by Gasteiger charge is 2.17. The predicted octanol–water partition coefficient (Wildman–Crippen LogP) is 6.23. The number of carboxylic acids is 1. The van der Waals surface area contributed by atoms with E-state index in [1.807, 2.05) is 0 Å². The van der Waals surface area contributed by atoms with Gasteiger partial charge in [-0.1, -0.05) is 82.4 Å². The fourth-order valence-corrected chi connectivity index (χ4v) is 5.03. The summed E-state index contributed by atoms with van der Waals surface area (Å²) in [6, 6.07) is 4.99. The summed E-state index contributed by atoms with van der Waals surface area (Å²) >= 11 is 5.83. The Kier molecular flexibility index (Phi) is 20.1. The molecule has 0 aliphatic rings. The first-order valence-corrected chi connectivity index (χ1v) is 16.7. The molecule has 9 N–H and O–H groups in total. The van der Waals surface area contributed by atoms with Crippen LogP contribution in [0.3, 0.4) is 0 Å². The average Bonchev–Trinajstić information content (AvgIpc) is 3.01. The highest BCUT2D eigenvalue weighted by Crippen LogP contribution is 2.27. The molecular weight excluding hydrogens is 626 g/mol. The Hall–Kier alpha value is -3.61. The Morgan fingerprint density at radius 2 is 1.49 bits per heavy atom. The lowest BCUT2D eigenvalue weighted by molar-refractivity contribution is -0.145. The quantitative estimate of drug-likeness (QED) is 0.0319. The van der Waals surface area contributed by atoms with Crippen molar-refractivity contribution in [2.75, 3.05) is 11.5 Å². The molecule has 1 aromatic carbocycles. The topological polar surface area (TPSA) is 234 Å². The lowest BCUT2D eigenvalue weighted by Crippen LogP contribution is -2.14. The SMILES string of the molecule is C[C@H](CCCCCCCCCCCC(=N)CC(=O)c1nc(Cl)c(N)nc1N)CC[C@H](O)c1ccc(O)c(CC=O)c1.C[C@H](O)C(=O)O. The maximum atomic E-state index is 12.4. The summed E-state index contributed by atoms with van der Waals surface area (Å²) in [6.45, 7) is 3.43. The summed E-state index contributed by atoms with van der Waals surface area (Å²) in [4.78, 5) is 40.3. The van der Waals surface area contributed by atoms with Crippen LogP contribution in [0.4, 0.5) is 11.6 Å². The third kappa shape index (κ3) is 17.2. The number of aldehydes is 1. The van der Waals surface area contributed by atoms with Gasteiger partial charge in [0.15, 0.2) is 28.3 Å². The average molecular weight is 678 g/mol. The third-order valence-corrected chi connectivity index (χ3v) is 8.08. The van der Waals surface area contributed by atoms with E-state index in [2.05, 4.69) is 16.9 Å². The lowest BCUT2D eigenvalue weighted by atomic mass is 9.93. The van der Waals surface area contributed by atoms with Crippen molar-refractivity contribution < 1.29 is 34.8 Å². The number of halogens is 1. The van der Waals surface area contributed by atoms with Crippen LogP contribution in [0.15, 0.2) is 18.2 Å². The number of benzene rings is 1. The molecule has 0 amide bonds. The molecular formula is C34H52ClN5O7. The van der Waals surface area contributed by atoms with Crippen LogP contribution in [-0.4, -0.2) is 60.2 Å². The van der Waals surface area contributed by atoms with E-state index in [9.17, 15) is 24.6 Å². The first kappa shape index (κ1) is 41.4. The number of phenolic OH excluding ortho intramolecular Hbond substituents is 1. The number of carboxylic acid groups (broad SMARTS) is 1. The number of anilines is 2. The van der Waals surface area contributed by atoms with Gasteiger partial charge in [-0.15, -0.1) is 0 Å². The van der Waals surface area contributed by atoms with Crippen LogP contribution in [0.2, 0.25) is 5.15 Å². The van der Waals surface area contributed by atoms with Gasteiger partial charge in [0, 0.05) is 17.7 Å². The first-order chi connectivity index (χ1) is 22.3. The second-order valence-electron chi connectivity index (χ2n) is 12.0. The molecule has 0 saturated heterocycles. The molecule has 0 aliphatic carbocycles. The molecule has 3 atom stereocenters. The van der Waals surface area contributed by atoms with Crippen molar-refractivity contribution in [1.29, 1.82) is 5.41 Å². The number of carbonyl (C=O) groups is 3. The number of hydrogen-bond acceptors (Lipinski definition) is 11. The van der Waals surface area contributed by atoms with Gasteiger partial charge in [-0.25, -0.2) is 14.8 Å². The molecule has 262 valence electrons. The fraction of sp³-hybridized carbons (Fsp3) is 0.588. The molecule has 0 spiro atoms. The van der Waals surface area contributed by atoms with Gasteiger partial charge in [0.1, 0.15) is 18.1 Å². The number of aliphatic hydroxyl groups excluding tert-OH is 2. The van der Waals surface area contributed by atoms with E-state index in [0.717, 1.165) is 44.0 Å². The number of rotatable bonds is 22. The molecule has 12 nitrogen and oxygen atoms in total. The highest BCUT2D eigenvalue weighted by atomic mass is 35.5. The molecule has 1 heterocycles. The second-order valence-corrected chi connectivity index (χ2v) is 12.4. The summed E-state index contributed by atoms with van der Waals surface area (Å²) in [5.74, 6) is -1.00. The molecule has 0 saturated carbocycles. The number of phenols is 1. The van der Waals surface area contributed by atoms with Crippen molar-refractivity contribution in [3.05, 3.63) is 40.2 Å². The van der Waals surface area contributed by atoms with Crippen LogP contribution in [0.1, 0.15) is 131 Å². The molecule has 2 rings (SSSR count). The van der Waals surface area contributed by atoms with Crippen LogP contribution in [0, 0.1) is 11.3 Å². The van der Waals surface area contributed by atoms with E-state index in [-0.39, 0.29) is 46.9 Å². The Morgan fingerprint density at radius 1 is 0.915 bits per heavy atom. The zero-order valence-electron chi connectivity index (χ0n) is 27.6. The summed E-state index contributed by atoms with van der Waals surface area (Å²) in [7, 11) is 0. The first-order valence-electron chi connectivity index (χ1n) is 16.3. The molecule has 0 aliphatic heterocycles. The number of nitrogens with one attached hydrogen (secondary N) is 1. The predicted molar refractivity (Wildman–Crippen MR) is 184 cm³/mol. The van der Waals surface area contributed by atoms with Crippen molar-refractivity contribution in [2.45, 2.75) is 122 Å². The molecule has 2 aromatic rings. The number of ketones is 1. The Morgan fingerprint density at radius 3 is 2.06 bits per heavy atom. The van der Waals surface area contributed by atoms with Gasteiger partial charge in [-0.3, -0.25) is 4.79 Å². The van der Waals surface area contributed by atoms with Gasteiger partial charge in [0.05, 0.1) is 12.5 Å². The van der Waals surface area contributed by atoms with E-state index >= 15 is 0 Å². The second kappa shape index (κ2) is 22.8. The number of nitrogen functional groups attached to an aromatic ring is 2. The Bertz CT molecular complexity index is 1290. The van der Waals surface area contributed by atoms with E-state index in [0.29, 0.717) is 30.0 Å². The molecule has 0 fully saturated rings. The molecule has 47 heavy (non-hydrogen) atoms. The largest absolute Gasteiger partial charge is 0.508 e. The number of Topliss-reactive ketones (excluding diaryl/α,β-unsaturated/α-hetero) is 1. The third-order valence-electron chi connectivity index (χ3n) is 7.80. The van der Waals surface area contributed by atoms with Crippen LogP contribution >= 0.6 is 11.6 Å². The monoisotopic (exact) mass is 677 g/mol. The minimum absolute atomic E-state index is 0.0193. The van der Waals surface area contributed by atoms with Crippen molar-refractivity contribution in [1.82, 2.24) is 9.97 Å². The van der Waals surface area contributed by atoms with Crippen LogP contribution in [0.25, 0.3) is 0 Å². The maximum absolute atomic E-state index is 12.4. The summed E-state index contributed by atoms with van der Waals surface area (Å²) in [5.41, 5.74) is 12.9. The molecule has 13 heteroatoms. The molecule has 1 aromatic heterocycles. The number of aromatic hydroxyl groups is 1. The van der Waals surface area contributed by atoms with Gasteiger partial charge >= 0.3 is 5.97 Å². The standard InChI is InChI=1S/C31H46ClN5O4.C3H6O3/c1-21(13-15-25(39)22-14-16-26(40)23(19-22)17-18-38)11-9-7-5-3-2-4-6-8-10-12-24(33)20-27(41)28-30(34)37-31(35)29(32)36-28;1-2(4)3(5)6/h14,16,18-19,21,25,33,39-40H,2-13,15,17,20H2,1H3,(H4,34,35,37);2,4H,1H3,(H,5,6)/t21-,25+;2-/m10/s1. The van der Waals surface area contributed by atoms with E-state index in [1.165, 1.54) is 45.4 Å². The number of aliphatic carboxylic acids is 1. The number of unbranched alkanes of at least 4 members (excludes halogenated alkanes) is 8.